The van der Waals surface area contributed by atoms with Crippen molar-refractivity contribution in [3.8, 4) is 0 Å². The van der Waals surface area contributed by atoms with Gasteiger partial charge in [0.15, 0.2) is 0 Å². The summed E-state index contributed by atoms with van der Waals surface area (Å²) in [5, 5.41) is 0.795. The molecule has 1 aromatic rings. The molecule has 1 aliphatic rings. The van der Waals surface area contributed by atoms with Gasteiger partial charge >= 0.3 is 0 Å². The van der Waals surface area contributed by atoms with E-state index >= 15 is 0 Å². The summed E-state index contributed by atoms with van der Waals surface area (Å²) in [6.45, 7) is 0.293. The van der Waals surface area contributed by atoms with Gasteiger partial charge in [0.25, 0.3) is 5.92 Å². The van der Waals surface area contributed by atoms with Gasteiger partial charge in [-0.2, -0.15) is 0 Å². The molecule has 1 saturated heterocycles. The number of halogens is 3. The summed E-state index contributed by atoms with van der Waals surface area (Å²) >= 11 is 3.35. The summed E-state index contributed by atoms with van der Waals surface area (Å²) in [5.41, 5.74) is 2.04. The first-order valence-electron chi connectivity index (χ1n) is 4.88. The van der Waals surface area contributed by atoms with Gasteiger partial charge in [-0.1, -0.05) is 28.1 Å². The Hall–Kier alpha value is -0.640. The van der Waals surface area contributed by atoms with E-state index in [-0.39, 0.29) is 13.0 Å². The summed E-state index contributed by atoms with van der Waals surface area (Å²) in [6.07, 6.45) is -0.0345. The van der Waals surface area contributed by atoms with Crippen molar-refractivity contribution in [1.29, 1.82) is 0 Å². The van der Waals surface area contributed by atoms with Gasteiger partial charge in [0.2, 0.25) is 0 Å². The van der Waals surface area contributed by atoms with Gasteiger partial charge in [-0.3, -0.25) is 0 Å². The van der Waals surface area contributed by atoms with Crippen LogP contribution in [0.4, 0.5) is 14.5 Å². The Labute approximate surface area is 96.2 Å². The molecule has 0 saturated carbocycles. The zero-order chi connectivity index (χ0) is 10.9. The molecule has 0 unspecified atom stereocenters. The fourth-order valence-corrected chi connectivity index (χ4v) is 2.13. The fourth-order valence-electron chi connectivity index (χ4n) is 1.75. The van der Waals surface area contributed by atoms with Crippen LogP contribution >= 0.6 is 15.9 Å². The summed E-state index contributed by atoms with van der Waals surface area (Å²) in [4.78, 5) is 1.73. The predicted octanol–water partition coefficient (Wildman–Crippen LogP) is 3.43. The highest BCUT2D eigenvalue weighted by atomic mass is 79.9. The molecule has 1 aliphatic heterocycles. The zero-order valence-corrected chi connectivity index (χ0v) is 9.80. The molecular weight excluding hydrogens is 264 g/mol. The van der Waals surface area contributed by atoms with E-state index in [0.717, 1.165) is 16.6 Å². The van der Waals surface area contributed by atoms with Crippen molar-refractivity contribution in [3.05, 3.63) is 29.8 Å². The number of rotatable bonds is 2. The highest BCUT2D eigenvalue weighted by molar-refractivity contribution is 9.08. The first kappa shape index (κ1) is 10.9. The molecule has 4 heteroatoms. The molecule has 2 rings (SSSR count). The molecule has 0 atom stereocenters. The average molecular weight is 276 g/mol. The topological polar surface area (TPSA) is 3.24 Å². The van der Waals surface area contributed by atoms with E-state index in [1.165, 1.54) is 0 Å². The van der Waals surface area contributed by atoms with E-state index in [1.807, 2.05) is 24.3 Å². The first-order chi connectivity index (χ1) is 7.11. The minimum absolute atomic E-state index is 0.0345. The highest BCUT2D eigenvalue weighted by Gasteiger charge is 2.38. The lowest BCUT2D eigenvalue weighted by Crippen LogP contribution is -2.24. The summed E-state index contributed by atoms with van der Waals surface area (Å²) in [7, 11) is 0. The second kappa shape index (κ2) is 4.08. The zero-order valence-electron chi connectivity index (χ0n) is 8.22. The SMILES string of the molecule is FC1(F)CCN(c2ccc(CBr)cc2)C1. The summed E-state index contributed by atoms with van der Waals surface area (Å²) in [6, 6.07) is 7.72. The second-order valence-corrected chi connectivity index (χ2v) is 4.39. The third kappa shape index (κ3) is 2.48. The third-order valence-electron chi connectivity index (χ3n) is 2.63. The average Bonchev–Trinajstić information content (AvgIpc) is 2.59. The van der Waals surface area contributed by atoms with Crippen LogP contribution < -0.4 is 4.90 Å². The van der Waals surface area contributed by atoms with E-state index in [4.69, 9.17) is 0 Å². The van der Waals surface area contributed by atoms with E-state index < -0.39 is 5.92 Å². The predicted molar refractivity (Wildman–Crippen MR) is 60.9 cm³/mol. The molecule has 0 spiro atoms. The fraction of sp³-hybridized carbons (Fsp3) is 0.455. The Kier molecular flexibility index (Phi) is 2.96. The molecule has 15 heavy (non-hydrogen) atoms. The van der Waals surface area contributed by atoms with E-state index in [1.54, 1.807) is 4.90 Å². The van der Waals surface area contributed by atoms with Crippen LogP contribution in [0.2, 0.25) is 0 Å². The highest BCUT2D eigenvalue weighted by Crippen LogP contribution is 2.30. The van der Waals surface area contributed by atoms with Crippen molar-refractivity contribution < 1.29 is 8.78 Å². The van der Waals surface area contributed by atoms with Crippen LogP contribution in [0.1, 0.15) is 12.0 Å². The van der Waals surface area contributed by atoms with Crippen molar-refractivity contribution in [2.45, 2.75) is 17.7 Å². The maximum atomic E-state index is 13.0. The third-order valence-corrected chi connectivity index (χ3v) is 3.27. The lowest BCUT2D eigenvalue weighted by molar-refractivity contribution is 0.0257. The van der Waals surface area contributed by atoms with Gasteiger partial charge in [0, 0.05) is 24.0 Å². The maximum Gasteiger partial charge on any atom is 0.266 e. The number of hydrogen-bond acceptors (Lipinski definition) is 1. The molecule has 0 amide bonds. The number of alkyl halides is 3. The Balaban J connectivity index is 2.11. The Morgan fingerprint density at radius 3 is 2.40 bits per heavy atom. The maximum absolute atomic E-state index is 13.0. The van der Waals surface area contributed by atoms with Crippen molar-refractivity contribution in [2.75, 3.05) is 18.0 Å². The monoisotopic (exact) mass is 275 g/mol. The molecular formula is C11H12BrF2N. The molecule has 1 nitrogen and oxygen atoms in total. The number of hydrogen-bond donors (Lipinski definition) is 0. The number of benzene rings is 1. The molecule has 0 bridgehead atoms. The molecule has 0 radical (unpaired) electrons. The second-order valence-electron chi connectivity index (χ2n) is 3.83. The van der Waals surface area contributed by atoms with Crippen LogP contribution in [0.3, 0.4) is 0 Å². The van der Waals surface area contributed by atoms with Crippen molar-refractivity contribution in [1.82, 2.24) is 0 Å². The van der Waals surface area contributed by atoms with Crippen molar-refractivity contribution in [3.63, 3.8) is 0 Å². The van der Waals surface area contributed by atoms with E-state index in [0.29, 0.717) is 6.54 Å². The molecule has 1 heterocycles. The van der Waals surface area contributed by atoms with Gasteiger partial charge in [-0.25, -0.2) is 8.78 Å². The van der Waals surface area contributed by atoms with Gasteiger partial charge in [0.05, 0.1) is 6.54 Å². The lowest BCUT2D eigenvalue weighted by Gasteiger charge is -2.18. The normalized spacial score (nSPS) is 19.5. The number of anilines is 1. The van der Waals surface area contributed by atoms with Gasteiger partial charge in [-0.05, 0) is 17.7 Å². The van der Waals surface area contributed by atoms with Gasteiger partial charge in [-0.15, -0.1) is 0 Å². The van der Waals surface area contributed by atoms with Crippen molar-refractivity contribution in [2.24, 2.45) is 0 Å². The largest absolute Gasteiger partial charge is 0.365 e. The quantitative estimate of drug-likeness (QED) is 0.748. The minimum atomic E-state index is -2.52. The molecule has 1 fully saturated rings. The van der Waals surface area contributed by atoms with Crippen LogP contribution in [0.25, 0.3) is 0 Å². The van der Waals surface area contributed by atoms with E-state index in [2.05, 4.69) is 15.9 Å². The Morgan fingerprint density at radius 1 is 1.27 bits per heavy atom. The van der Waals surface area contributed by atoms with Crippen LogP contribution in [-0.2, 0) is 5.33 Å². The van der Waals surface area contributed by atoms with Crippen molar-refractivity contribution >= 4 is 21.6 Å². The van der Waals surface area contributed by atoms with Crippen LogP contribution in [0, 0.1) is 0 Å². The molecule has 0 N–H and O–H groups in total. The van der Waals surface area contributed by atoms with Gasteiger partial charge in [0.1, 0.15) is 0 Å². The van der Waals surface area contributed by atoms with Crippen LogP contribution in [-0.4, -0.2) is 19.0 Å². The Bertz CT molecular complexity index is 337. The van der Waals surface area contributed by atoms with Crippen LogP contribution in [0.5, 0.6) is 0 Å². The van der Waals surface area contributed by atoms with Gasteiger partial charge < -0.3 is 4.90 Å². The van der Waals surface area contributed by atoms with E-state index in [9.17, 15) is 8.78 Å². The number of nitrogens with zero attached hydrogens (tertiary/aromatic N) is 1. The minimum Gasteiger partial charge on any atom is -0.365 e. The molecule has 82 valence electrons. The van der Waals surface area contributed by atoms with Crippen LogP contribution in [0.15, 0.2) is 24.3 Å². The summed E-state index contributed by atoms with van der Waals surface area (Å²) < 4.78 is 26.0. The Morgan fingerprint density at radius 2 is 1.93 bits per heavy atom. The molecule has 0 aromatic heterocycles. The smallest absolute Gasteiger partial charge is 0.266 e. The lowest BCUT2D eigenvalue weighted by atomic mass is 10.2. The first-order valence-corrected chi connectivity index (χ1v) is 6.00. The standard InChI is InChI=1S/C11H12BrF2N/c12-7-9-1-3-10(4-2-9)15-6-5-11(13,14)8-15/h1-4H,5-8H2. The molecule has 0 aliphatic carbocycles. The summed E-state index contributed by atoms with van der Waals surface area (Å²) in [5.74, 6) is -2.52. The molecule has 1 aromatic carbocycles.